The van der Waals surface area contributed by atoms with Crippen LogP contribution in [0.5, 0.6) is 11.5 Å². The van der Waals surface area contributed by atoms with Crippen LogP contribution in [0.2, 0.25) is 0 Å². The van der Waals surface area contributed by atoms with Crippen molar-refractivity contribution in [2.45, 2.75) is 23.2 Å². The van der Waals surface area contributed by atoms with E-state index in [9.17, 15) is 9.59 Å². The highest BCUT2D eigenvalue weighted by atomic mass is 32.2. The van der Waals surface area contributed by atoms with Crippen LogP contribution < -0.4 is 20.3 Å². The van der Waals surface area contributed by atoms with Gasteiger partial charge in [0.1, 0.15) is 5.82 Å². The Morgan fingerprint density at radius 2 is 1.90 bits per heavy atom. The van der Waals surface area contributed by atoms with Crippen LogP contribution in [0.4, 0.5) is 5.82 Å². The highest BCUT2D eigenvalue weighted by Crippen LogP contribution is 2.40. The fraction of sp³-hybridized carbons (Fsp3) is 0.190. The third-order valence-corrected chi connectivity index (χ3v) is 5.89. The molecule has 0 aliphatic carbocycles. The van der Waals surface area contributed by atoms with Gasteiger partial charge >= 0.3 is 0 Å². The largest absolute Gasteiger partial charge is 0.454 e. The van der Waals surface area contributed by atoms with Crippen LogP contribution in [0.25, 0.3) is 0 Å². The van der Waals surface area contributed by atoms with Crippen molar-refractivity contribution in [2.75, 3.05) is 12.1 Å². The molecule has 2 aromatic carbocycles. The number of nitrogens with zero attached hydrogens (tertiary/aromatic N) is 1. The zero-order chi connectivity index (χ0) is 19.8. The monoisotopic (exact) mass is 407 g/mol. The summed E-state index contributed by atoms with van der Waals surface area (Å²) in [4.78, 5) is 32.6. The van der Waals surface area contributed by atoms with Gasteiger partial charge in [0.2, 0.25) is 12.7 Å². The number of aromatic amines is 1. The second-order valence-corrected chi connectivity index (χ2v) is 7.79. The molecule has 0 saturated heterocycles. The molecule has 2 aliphatic rings. The standard InChI is InChI=1S/C21H17N3O4S/c25-17-9-14(13-6-7-15-16(8-13)28-11-27-15)18-19(22-17)23-21(24-20(18)26)29-10-12-4-2-1-3-5-12/h1-8,14H,9-11H2,(H2,22,23,24,25,26)/t14-/m0/s1. The molecule has 0 radical (unpaired) electrons. The lowest BCUT2D eigenvalue weighted by molar-refractivity contribution is -0.116. The summed E-state index contributed by atoms with van der Waals surface area (Å²) in [7, 11) is 0. The number of rotatable bonds is 4. The van der Waals surface area contributed by atoms with Crippen LogP contribution >= 0.6 is 11.8 Å². The second-order valence-electron chi connectivity index (χ2n) is 6.83. The van der Waals surface area contributed by atoms with Crippen molar-refractivity contribution in [2.24, 2.45) is 0 Å². The van der Waals surface area contributed by atoms with E-state index in [1.54, 1.807) is 6.07 Å². The third-order valence-electron chi connectivity index (χ3n) is 4.95. The summed E-state index contributed by atoms with van der Waals surface area (Å²) in [5, 5.41) is 3.23. The van der Waals surface area contributed by atoms with Gasteiger partial charge in [-0.2, -0.15) is 0 Å². The predicted molar refractivity (Wildman–Crippen MR) is 109 cm³/mol. The first-order chi connectivity index (χ1) is 14.2. The van der Waals surface area contributed by atoms with Crippen LogP contribution in [0, 0.1) is 0 Å². The Hall–Kier alpha value is -3.26. The molecule has 1 aromatic heterocycles. The summed E-state index contributed by atoms with van der Waals surface area (Å²) in [6.07, 6.45) is 0.175. The first-order valence-electron chi connectivity index (χ1n) is 9.18. The number of hydrogen-bond acceptors (Lipinski definition) is 6. The minimum atomic E-state index is -0.391. The normalized spacial score (nSPS) is 17.0. The highest BCUT2D eigenvalue weighted by molar-refractivity contribution is 7.98. The molecule has 0 unspecified atom stereocenters. The van der Waals surface area contributed by atoms with E-state index in [1.807, 2.05) is 42.5 Å². The minimum absolute atomic E-state index is 0.169. The summed E-state index contributed by atoms with van der Waals surface area (Å²) in [5.74, 6) is 1.71. The zero-order valence-electron chi connectivity index (χ0n) is 15.3. The van der Waals surface area contributed by atoms with Crippen LogP contribution in [-0.2, 0) is 10.5 Å². The molecule has 3 aromatic rings. The Balaban J connectivity index is 1.48. The topological polar surface area (TPSA) is 93.3 Å². The maximum atomic E-state index is 12.9. The van der Waals surface area contributed by atoms with E-state index in [0.29, 0.717) is 33.8 Å². The van der Waals surface area contributed by atoms with Crippen LogP contribution in [-0.4, -0.2) is 22.7 Å². The first-order valence-corrected chi connectivity index (χ1v) is 10.2. The van der Waals surface area contributed by atoms with E-state index < -0.39 is 5.92 Å². The smallest absolute Gasteiger partial charge is 0.257 e. The maximum Gasteiger partial charge on any atom is 0.257 e. The SMILES string of the molecule is O=C1C[C@@H](c2ccc3c(c2)OCO3)c2c(nc(SCc3ccccc3)[nH]c2=O)N1. The Morgan fingerprint density at radius 1 is 1.07 bits per heavy atom. The van der Waals surface area contributed by atoms with Gasteiger partial charge in [0.15, 0.2) is 16.7 Å². The molecule has 3 heterocycles. The van der Waals surface area contributed by atoms with E-state index in [-0.39, 0.29) is 24.7 Å². The molecule has 1 amide bonds. The number of carbonyl (C=O) groups is 1. The van der Waals surface area contributed by atoms with Gasteiger partial charge < -0.3 is 19.8 Å². The van der Waals surface area contributed by atoms with Gasteiger partial charge in [0.05, 0.1) is 5.56 Å². The van der Waals surface area contributed by atoms with E-state index in [0.717, 1.165) is 11.1 Å². The summed E-state index contributed by atoms with van der Waals surface area (Å²) in [6.45, 7) is 0.171. The van der Waals surface area contributed by atoms with Crippen molar-refractivity contribution in [1.29, 1.82) is 0 Å². The van der Waals surface area contributed by atoms with Gasteiger partial charge in [-0.25, -0.2) is 4.98 Å². The quantitative estimate of drug-likeness (QED) is 0.509. The average Bonchev–Trinajstić information content (AvgIpc) is 3.20. The Labute approximate surface area is 170 Å². The van der Waals surface area contributed by atoms with E-state index >= 15 is 0 Å². The van der Waals surface area contributed by atoms with Crippen molar-refractivity contribution >= 4 is 23.5 Å². The maximum absolute atomic E-state index is 12.9. The van der Waals surface area contributed by atoms with Gasteiger partial charge in [-0.1, -0.05) is 48.2 Å². The third kappa shape index (κ3) is 3.47. The predicted octanol–water partition coefficient (Wildman–Crippen LogP) is 3.27. The molecule has 0 bridgehead atoms. The average molecular weight is 407 g/mol. The molecule has 2 N–H and O–H groups in total. The Bertz CT molecular complexity index is 1150. The number of H-pyrrole nitrogens is 1. The summed E-state index contributed by atoms with van der Waals surface area (Å²) >= 11 is 1.42. The van der Waals surface area contributed by atoms with E-state index in [2.05, 4.69) is 15.3 Å². The zero-order valence-corrected chi connectivity index (χ0v) is 16.1. The van der Waals surface area contributed by atoms with Gasteiger partial charge in [-0.3, -0.25) is 9.59 Å². The summed E-state index contributed by atoms with van der Waals surface area (Å²) < 4.78 is 10.8. The molecule has 5 rings (SSSR count). The molecule has 0 spiro atoms. The lowest BCUT2D eigenvalue weighted by Crippen LogP contribution is -2.31. The Morgan fingerprint density at radius 3 is 2.76 bits per heavy atom. The number of hydrogen-bond donors (Lipinski definition) is 2. The van der Waals surface area contributed by atoms with Crippen molar-refractivity contribution < 1.29 is 14.3 Å². The molecular weight excluding hydrogens is 390 g/mol. The van der Waals surface area contributed by atoms with Gasteiger partial charge in [-0.15, -0.1) is 0 Å². The van der Waals surface area contributed by atoms with Crippen molar-refractivity contribution in [3.05, 3.63) is 75.6 Å². The number of fused-ring (bicyclic) bond motifs is 2. The number of aromatic nitrogens is 2. The number of thioether (sulfide) groups is 1. The number of amides is 1. The lowest BCUT2D eigenvalue weighted by atomic mass is 9.86. The number of ether oxygens (including phenoxy) is 2. The number of nitrogens with one attached hydrogen (secondary N) is 2. The first kappa shape index (κ1) is 17.8. The van der Waals surface area contributed by atoms with E-state index in [1.165, 1.54) is 11.8 Å². The molecule has 7 nitrogen and oxygen atoms in total. The number of anilines is 1. The molecule has 29 heavy (non-hydrogen) atoms. The summed E-state index contributed by atoms with van der Waals surface area (Å²) in [6, 6.07) is 15.4. The lowest BCUT2D eigenvalue weighted by Gasteiger charge is -2.24. The van der Waals surface area contributed by atoms with E-state index in [4.69, 9.17) is 9.47 Å². The van der Waals surface area contributed by atoms with Gasteiger partial charge in [-0.05, 0) is 23.3 Å². The molecule has 0 saturated carbocycles. The molecule has 146 valence electrons. The fourth-order valence-corrected chi connectivity index (χ4v) is 4.38. The molecule has 0 fully saturated rings. The molecule has 1 atom stereocenters. The van der Waals surface area contributed by atoms with Crippen LogP contribution in [0.3, 0.4) is 0 Å². The fourth-order valence-electron chi connectivity index (χ4n) is 3.56. The second kappa shape index (κ2) is 7.29. The van der Waals surface area contributed by atoms with Crippen molar-refractivity contribution in [3.63, 3.8) is 0 Å². The number of benzene rings is 2. The Kier molecular flexibility index (Phi) is 4.48. The molecular formula is C21H17N3O4S. The highest BCUT2D eigenvalue weighted by Gasteiger charge is 2.32. The van der Waals surface area contributed by atoms with Crippen molar-refractivity contribution in [1.82, 2.24) is 9.97 Å². The van der Waals surface area contributed by atoms with Gasteiger partial charge in [0, 0.05) is 18.1 Å². The van der Waals surface area contributed by atoms with Crippen LogP contribution in [0.1, 0.15) is 29.0 Å². The molecule has 2 aliphatic heterocycles. The summed E-state index contributed by atoms with van der Waals surface area (Å²) in [5.41, 5.74) is 2.17. The minimum Gasteiger partial charge on any atom is -0.454 e. The molecule has 8 heteroatoms. The number of carbonyl (C=O) groups excluding carboxylic acids is 1. The van der Waals surface area contributed by atoms with Gasteiger partial charge in [0.25, 0.3) is 5.56 Å². The van der Waals surface area contributed by atoms with Crippen LogP contribution in [0.15, 0.2) is 58.5 Å². The van der Waals surface area contributed by atoms with Crippen molar-refractivity contribution in [3.8, 4) is 11.5 Å².